The van der Waals surface area contributed by atoms with Crippen LogP contribution in [0.5, 0.6) is 5.75 Å². The van der Waals surface area contributed by atoms with Gasteiger partial charge in [-0.25, -0.2) is 9.07 Å². The monoisotopic (exact) mass is 388 g/mol. The number of aryl methyl sites for hydroxylation is 1. The number of nitro benzene ring substituents is 1. The highest BCUT2D eigenvalue weighted by Gasteiger charge is 2.17. The normalized spacial score (nSPS) is 10.7. The average Bonchev–Trinajstić information content (AvgIpc) is 3.26. The second-order valence-corrected chi connectivity index (χ2v) is 5.94. The van der Waals surface area contributed by atoms with Gasteiger partial charge in [-0.05, 0) is 19.1 Å². The molecule has 11 heteroatoms. The fourth-order valence-electron chi connectivity index (χ4n) is 2.43. The zero-order valence-electron chi connectivity index (χ0n) is 15.1. The Balaban J connectivity index is 1.61. The summed E-state index contributed by atoms with van der Waals surface area (Å²) in [6.45, 7) is 1.97. The van der Waals surface area contributed by atoms with Crippen molar-refractivity contribution in [3.8, 4) is 5.75 Å². The first-order valence-electron chi connectivity index (χ1n) is 8.21. The lowest BCUT2D eigenvalue weighted by Gasteiger charge is -2.07. The predicted octanol–water partition coefficient (Wildman–Crippen LogP) is 1.94. The molecule has 1 aromatic carbocycles. The first kappa shape index (κ1) is 19.0. The van der Waals surface area contributed by atoms with Crippen molar-refractivity contribution < 1.29 is 18.8 Å². The average molecular weight is 388 g/mol. The van der Waals surface area contributed by atoms with Gasteiger partial charge in [-0.2, -0.15) is 10.2 Å². The molecule has 0 atom stereocenters. The van der Waals surface area contributed by atoms with E-state index in [4.69, 9.17) is 4.74 Å². The maximum absolute atomic E-state index is 13.3. The summed E-state index contributed by atoms with van der Waals surface area (Å²) >= 11 is 0. The number of carbonyl (C=O) groups is 1. The first-order chi connectivity index (χ1) is 13.3. The minimum Gasteiger partial charge on any atom is -0.464 e. The van der Waals surface area contributed by atoms with Crippen LogP contribution in [0.4, 0.5) is 10.1 Å². The number of carbonyl (C=O) groups excluding carboxylic acids is 1. The highest BCUT2D eigenvalue weighted by Crippen LogP contribution is 2.27. The van der Waals surface area contributed by atoms with Crippen LogP contribution in [0.25, 0.3) is 0 Å². The molecule has 0 bridgehead atoms. The highest BCUT2D eigenvalue weighted by molar-refractivity contribution is 5.92. The van der Waals surface area contributed by atoms with E-state index >= 15 is 0 Å². The lowest BCUT2D eigenvalue weighted by atomic mass is 10.2. The Morgan fingerprint density at radius 1 is 1.39 bits per heavy atom. The van der Waals surface area contributed by atoms with Crippen molar-refractivity contribution in [2.75, 3.05) is 0 Å². The minimum absolute atomic E-state index is 0.152. The molecule has 0 spiro atoms. The number of aromatic nitrogens is 4. The molecular formula is C17H17FN6O4. The maximum Gasteiger partial charge on any atom is 0.311 e. The Kier molecular flexibility index (Phi) is 5.34. The predicted molar refractivity (Wildman–Crippen MR) is 95.0 cm³/mol. The summed E-state index contributed by atoms with van der Waals surface area (Å²) in [4.78, 5) is 22.5. The number of nitro groups is 1. The second kappa shape index (κ2) is 7.86. The number of nitrogens with one attached hydrogen (secondary N) is 1. The van der Waals surface area contributed by atoms with Crippen LogP contribution in [0.2, 0.25) is 0 Å². The van der Waals surface area contributed by atoms with Crippen molar-refractivity contribution in [1.82, 2.24) is 24.9 Å². The summed E-state index contributed by atoms with van der Waals surface area (Å²) in [6.07, 6.45) is 3.16. The maximum atomic E-state index is 13.3. The molecule has 2 heterocycles. The molecule has 0 aliphatic heterocycles. The van der Waals surface area contributed by atoms with Gasteiger partial charge in [-0.3, -0.25) is 19.6 Å². The minimum atomic E-state index is -0.669. The number of benzene rings is 1. The Hall–Kier alpha value is -3.76. The fraction of sp³-hybridized carbons (Fsp3) is 0.235. The van der Waals surface area contributed by atoms with Gasteiger partial charge in [-0.1, -0.05) is 0 Å². The molecule has 0 saturated carbocycles. The van der Waals surface area contributed by atoms with Gasteiger partial charge in [0.25, 0.3) is 5.91 Å². The van der Waals surface area contributed by atoms with Crippen molar-refractivity contribution in [2.45, 2.75) is 20.2 Å². The standard InChI is InChI=1S/C17H17FN6O4/c1-11-12(9-20-22(11)2)8-19-17(25)14-5-6-23(21-14)10-28-16-7-13(18)3-4-15(16)24(26)27/h3-7,9H,8,10H2,1-2H3,(H,19,25). The highest BCUT2D eigenvalue weighted by atomic mass is 19.1. The quantitative estimate of drug-likeness (QED) is 0.488. The SMILES string of the molecule is Cc1c(CNC(=O)c2ccn(COc3cc(F)ccc3[N+](=O)[O-])n2)cnn1C. The summed E-state index contributed by atoms with van der Waals surface area (Å²) in [5.41, 5.74) is 1.62. The van der Waals surface area contributed by atoms with Crippen LogP contribution in [0.3, 0.4) is 0 Å². The molecule has 3 aromatic rings. The summed E-state index contributed by atoms with van der Waals surface area (Å²) in [5, 5.41) is 21.9. The lowest BCUT2D eigenvalue weighted by Crippen LogP contribution is -2.24. The number of nitrogens with zero attached hydrogens (tertiary/aromatic N) is 5. The van der Waals surface area contributed by atoms with Crippen LogP contribution in [-0.4, -0.2) is 30.4 Å². The fourth-order valence-corrected chi connectivity index (χ4v) is 2.43. The van der Waals surface area contributed by atoms with Gasteiger partial charge < -0.3 is 10.1 Å². The molecule has 0 saturated heterocycles. The van der Waals surface area contributed by atoms with Crippen molar-refractivity contribution in [2.24, 2.45) is 7.05 Å². The molecule has 10 nitrogen and oxygen atoms in total. The van der Waals surface area contributed by atoms with E-state index in [-0.39, 0.29) is 23.9 Å². The molecule has 0 fully saturated rings. The number of hydrogen-bond donors (Lipinski definition) is 1. The van der Waals surface area contributed by atoms with Crippen LogP contribution >= 0.6 is 0 Å². The smallest absolute Gasteiger partial charge is 0.311 e. The van der Waals surface area contributed by atoms with Crippen LogP contribution in [0, 0.1) is 22.9 Å². The molecule has 0 unspecified atom stereocenters. The van der Waals surface area contributed by atoms with Crippen molar-refractivity contribution in [3.05, 3.63) is 69.5 Å². The van der Waals surface area contributed by atoms with E-state index in [0.29, 0.717) is 6.54 Å². The lowest BCUT2D eigenvalue weighted by molar-refractivity contribution is -0.386. The Morgan fingerprint density at radius 2 is 2.18 bits per heavy atom. The van der Waals surface area contributed by atoms with E-state index in [0.717, 1.165) is 29.5 Å². The molecule has 3 rings (SSSR count). The topological polar surface area (TPSA) is 117 Å². The molecule has 1 N–H and O–H groups in total. The number of rotatable bonds is 7. The van der Waals surface area contributed by atoms with Gasteiger partial charge in [-0.15, -0.1) is 0 Å². The first-order valence-corrected chi connectivity index (χ1v) is 8.21. The molecule has 2 aromatic heterocycles. The van der Waals surface area contributed by atoms with Gasteiger partial charge in [0.05, 0.1) is 11.1 Å². The van der Waals surface area contributed by atoms with Crippen LogP contribution in [-0.2, 0) is 20.3 Å². The van der Waals surface area contributed by atoms with E-state index < -0.39 is 16.6 Å². The van der Waals surface area contributed by atoms with E-state index in [2.05, 4.69) is 15.5 Å². The molecule has 1 amide bonds. The van der Waals surface area contributed by atoms with Gasteiger partial charge >= 0.3 is 5.69 Å². The third kappa shape index (κ3) is 4.14. The number of amides is 1. The number of ether oxygens (including phenoxy) is 1. The van der Waals surface area contributed by atoms with Crippen molar-refractivity contribution in [1.29, 1.82) is 0 Å². The molecule has 28 heavy (non-hydrogen) atoms. The van der Waals surface area contributed by atoms with E-state index in [1.165, 1.54) is 16.9 Å². The molecule has 0 aliphatic carbocycles. The van der Waals surface area contributed by atoms with Crippen molar-refractivity contribution >= 4 is 11.6 Å². The third-order valence-electron chi connectivity index (χ3n) is 4.12. The molecule has 0 aliphatic rings. The molecule has 146 valence electrons. The Bertz CT molecular complexity index is 1030. The van der Waals surface area contributed by atoms with Gasteiger partial charge in [0.1, 0.15) is 11.5 Å². The largest absolute Gasteiger partial charge is 0.464 e. The van der Waals surface area contributed by atoms with Crippen LogP contribution < -0.4 is 10.1 Å². The summed E-state index contributed by atoms with van der Waals surface area (Å²) in [6, 6.07) is 4.40. The zero-order chi connectivity index (χ0) is 20.3. The summed E-state index contributed by atoms with van der Waals surface area (Å²) in [7, 11) is 1.81. The summed E-state index contributed by atoms with van der Waals surface area (Å²) < 4.78 is 21.6. The zero-order valence-corrected chi connectivity index (χ0v) is 15.1. The van der Waals surface area contributed by atoms with Gasteiger partial charge in [0.15, 0.2) is 6.73 Å². The molecule has 0 radical (unpaired) electrons. The van der Waals surface area contributed by atoms with Gasteiger partial charge in [0, 0.05) is 43.2 Å². The van der Waals surface area contributed by atoms with Gasteiger partial charge in [0.2, 0.25) is 5.75 Å². The van der Waals surface area contributed by atoms with E-state index in [1.54, 1.807) is 10.9 Å². The molecular weight excluding hydrogens is 371 g/mol. The number of halogens is 1. The summed E-state index contributed by atoms with van der Waals surface area (Å²) in [5.74, 6) is -1.27. The van der Waals surface area contributed by atoms with E-state index in [9.17, 15) is 19.3 Å². The third-order valence-corrected chi connectivity index (χ3v) is 4.12. The van der Waals surface area contributed by atoms with Crippen molar-refractivity contribution in [3.63, 3.8) is 0 Å². The Labute approximate surface area is 158 Å². The second-order valence-electron chi connectivity index (χ2n) is 5.94. The Morgan fingerprint density at radius 3 is 2.86 bits per heavy atom. The van der Waals surface area contributed by atoms with Crippen LogP contribution in [0.1, 0.15) is 21.7 Å². The van der Waals surface area contributed by atoms with Crippen LogP contribution in [0.15, 0.2) is 36.7 Å². The van der Waals surface area contributed by atoms with E-state index in [1.807, 2.05) is 14.0 Å². The number of hydrogen-bond acceptors (Lipinski definition) is 6.